The summed E-state index contributed by atoms with van der Waals surface area (Å²) >= 11 is 0. The zero-order chi connectivity index (χ0) is 19.6. The number of hydrogen-bond acceptors (Lipinski definition) is 3. The van der Waals surface area contributed by atoms with Crippen LogP contribution in [0.3, 0.4) is 0 Å². The average molecular weight is 377 g/mol. The molecule has 0 radical (unpaired) electrons. The van der Waals surface area contributed by atoms with E-state index in [0.29, 0.717) is 24.3 Å². The lowest BCUT2D eigenvalue weighted by Crippen LogP contribution is -2.25. The minimum atomic E-state index is -0.256. The number of nitrogens with zero attached hydrogens (tertiary/aromatic N) is 1. The summed E-state index contributed by atoms with van der Waals surface area (Å²) in [6, 6.07) is 20.1. The summed E-state index contributed by atoms with van der Waals surface area (Å²) in [5.41, 5.74) is 2.86. The first kappa shape index (κ1) is 19.5. The number of benzene rings is 2. The molecule has 1 heterocycles. The molecule has 0 bridgehead atoms. The maximum absolute atomic E-state index is 12.9. The van der Waals surface area contributed by atoms with Crippen LogP contribution in [0.1, 0.15) is 27.9 Å². The van der Waals surface area contributed by atoms with Gasteiger partial charge in [0.05, 0.1) is 0 Å². The molecule has 0 aliphatic carbocycles. The van der Waals surface area contributed by atoms with Crippen LogP contribution >= 0.6 is 0 Å². The van der Waals surface area contributed by atoms with Crippen LogP contribution in [0.5, 0.6) is 0 Å². The van der Waals surface area contributed by atoms with Gasteiger partial charge in [-0.3, -0.25) is 4.79 Å². The third-order valence-electron chi connectivity index (χ3n) is 4.43. The van der Waals surface area contributed by atoms with Gasteiger partial charge in [0.1, 0.15) is 11.6 Å². The van der Waals surface area contributed by atoms with Crippen molar-refractivity contribution in [2.24, 2.45) is 0 Å². The number of carbonyl (C=O) groups is 1. The van der Waals surface area contributed by atoms with E-state index in [9.17, 15) is 9.18 Å². The van der Waals surface area contributed by atoms with Crippen molar-refractivity contribution in [3.05, 3.63) is 95.4 Å². The van der Waals surface area contributed by atoms with Crippen LogP contribution in [0.2, 0.25) is 0 Å². The first-order chi connectivity index (χ1) is 13.7. The Balaban J connectivity index is 1.42. The van der Waals surface area contributed by atoms with Gasteiger partial charge in [0, 0.05) is 24.8 Å². The number of aryl methyl sites for hydroxylation is 1. The Morgan fingerprint density at radius 1 is 0.893 bits per heavy atom. The highest BCUT2D eigenvalue weighted by Crippen LogP contribution is 2.09. The second kappa shape index (κ2) is 10.2. The molecule has 0 spiro atoms. The van der Waals surface area contributed by atoms with E-state index in [1.165, 1.54) is 17.7 Å². The molecule has 28 heavy (non-hydrogen) atoms. The lowest BCUT2D eigenvalue weighted by molar-refractivity contribution is 0.0954. The number of rotatable bonds is 9. The third kappa shape index (κ3) is 6.20. The smallest absolute Gasteiger partial charge is 0.251 e. The highest BCUT2D eigenvalue weighted by molar-refractivity contribution is 5.94. The molecule has 0 fully saturated rings. The van der Waals surface area contributed by atoms with Gasteiger partial charge in [-0.25, -0.2) is 9.37 Å². The second-order valence-corrected chi connectivity index (χ2v) is 6.58. The number of pyridine rings is 1. The zero-order valence-electron chi connectivity index (χ0n) is 15.7. The zero-order valence-corrected chi connectivity index (χ0v) is 15.7. The summed E-state index contributed by atoms with van der Waals surface area (Å²) in [5.74, 6) is 0.296. The summed E-state index contributed by atoms with van der Waals surface area (Å²) in [4.78, 5) is 16.6. The van der Waals surface area contributed by atoms with Crippen molar-refractivity contribution in [3.8, 4) is 0 Å². The molecule has 0 saturated heterocycles. The van der Waals surface area contributed by atoms with Gasteiger partial charge in [0.2, 0.25) is 0 Å². The summed E-state index contributed by atoms with van der Waals surface area (Å²) in [6.07, 6.45) is 4.27. The Kier molecular flexibility index (Phi) is 7.13. The molecule has 2 aromatic carbocycles. The maximum Gasteiger partial charge on any atom is 0.251 e. The van der Waals surface area contributed by atoms with Crippen molar-refractivity contribution in [2.45, 2.75) is 19.3 Å². The van der Waals surface area contributed by atoms with Crippen LogP contribution in [-0.4, -0.2) is 24.0 Å². The average Bonchev–Trinajstić information content (AvgIpc) is 2.73. The van der Waals surface area contributed by atoms with Crippen molar-refractivity contribution < 1.29 is 9.18 Å². The molecule has 5 heteroatoms. The molecule has 2 N–H and O–H groups in total. The predicted octanol–water partition coefficient (Wildman–Crippen LogP) is 4.24. The van der Waals surface area contributed by atoms with Crippen molar-refractivity contribution in [3.63, 3.8) is 0 Å². The third-order valence-corrected chi connectivity index (χ3v) is 4.43. The number of aromatic nitrogens is 1. The Bertz CT molecular complexity index is 882. The number of nitrogens with one attached hydrogen (secondary N) is 2. The first-order valence-electron chi connectivity index (χ1n) is 9.47. The van der Waals surface area contributed by atoms with Crippen molar-refractivity contribution in [1.82, 2.24) is 10.3 Å². The normalized spacial score (nSPS) is 10.5. The lowest BCUT2D eigenvalue weighted by atomic mass is 10.1. The van der Waals surface area contributed by atoms with Crippen LogP contribution in [0.25, 0.3) is 0 Å². The number of hydrogen-bond donors (Lipinski definition) is 2. The van der Waals surface area contributed by atoms with Gasteiger partial charge >= 0.3 is 0 Å². The molecule has 144 valence electrons. The van der Waals surface area contributed by atoms with Crippen molar-refractivity contribution in [1.29, 1.82) is 0 Å². The van der Waals surface area contributed by atoms with Crippen LogP contribution in [0, 0.1) is 5.82 Å². The molecular weight excluding hydrogens is 353 g/mol. The van der Waals surface area contributed by atoms with Crippen LogP contribution in [-0.2, 0) is 12.8 Å². The van der Waals surface area contributed by atoms with E-state index in [1.54, 1.807) is 30.5 Å². The topological polar surface area (TPSA) is 54.0 Å². The summed E-state index contributed by atoms with van der Waals surface area (Å²) < 4.78 is 12.9. The number of anilines is 1. The highest BCUT2D eigenvalue weighted by Gasteiger charge is 2.06. The number of halogens is 1. The largest absolute Gasteiger partial charge is 0.370 e. The standard InChI is InChI=1S/C23H24FN3O/c24-21-10-8-19(9-11-21)12-15-27-23(28)20-13-16-26-22(17-20)25-14-4-7-18-5-2-1-3-6-18/h1-3,5-6,8-11,13,16-17H,4,7,12,14-15H2,(H,25,26)(H,27,28). The SMILES string of the molecule is O=C(NCCc1ccc(F)cc1)c1ccnc(NCCCc2ccccc2)c1. The van der Waals surface area contributed by atoms with Gasteiger partial charge < -0.3 is 10.6 Å². The lowest BCUT2D eigenvalue weighted by Gasteiger charge is -2.09. The Hall–Kier alpha value is -3.21. The summed E-state index contributed by atoms with van der Waals surface area (Å²) in [7, 11) is 0. The predicted molar refractivity (Wildman–Crippen MR) is 110 cm³/mol. The van der Waals surface area contributed by atoms with Gasteiger partial charge in [-0.05, 0) is 54.7 Å². The molecule has 0 saturated carbocycles. The minimum absolute atomic E-state index is 0.142. The van der Waals surface area contributed by atoms with E-state index >= 15 is 0 Å². The molecule has 4 nitrogen and oxygen atoms in total. The van der Waals surface area contributed by atoms with E-state index in [1.807, 2.05) is 18.2 Å². The van der Waals surface area contributed by atoms with E-state index in [2.05, 4.69) is 27.8 Å². The fourth-order valence-corrected chi connectivity index (χ4v) is 2.90. The van der Waals surface area contributed by atoms with Crippen LogP contribution in [0.4, 0.5) is 10.2 Å². The van der Waals surface area contributed by atoms with Gasteiger partial charge in [0.25, 0.3) is 5.91 Å². The molecule has 3 rings (SSSR count). The van der Waals surface area contributed by atoms with E-state index < -0.39 is 0 Å². The fourth-order valence-electron chi connectivity index (χ4n) is 2.90. The number of carbonyl (C=O) groups excluding carboxylic acids is 1. The van der Waals surface area contributed by atoms with Crippen LogP contribution < -0.4 is 10.6 Å². The summed E-state index contributed by atoms with van der Waals surface area (Å²) in [5, 5.41) is 6.16. The van der Waals surface area contributed by atoms with E-state index in [0.717, 1.165) is 24.9 Å². The van der Waals surface area contributed by atoms with Gasteiger partial charge in [-0.2, -0.15) is 0 Å². The Labute approximate surface area is 164 Å². The second-order valence-electron chi connectivity index (χ2n) is 6.58. The van der Waals surface area contributed by atoms with E-state index in [-0.39, 0.29) is 11.7 Å². The molecule has 1 aromatic heterocycles. The molecular formula is C23H24FN3O. The highest BCUT2D eigenvalue weighted by atomic mass is 19.1. The number of amides is 1. The molecule has 0 atom stereocenters. The van der Waals surface area contributed by atoms with Crippen molar-refractivity contribution >= 4 is 11.7 Å². The monoisotopic (exact) mass is 377 g/mol. The van der Waals surface area contributed by atoms with E-state index in [4.69, 9.17) is 0 Å². The minimum Gasteiger partial charge on any atom is -0.370 e. The maximum atomic E-state index is 12.9. The quantitative estimate of drug-likeness (QED) is 0.549. The van der Waals surface area contributed by atoms with Gasteiger partial charge in [-0.15, -0.1) is 0 Å². The van der Waals surface area contributed by atoms with Crippen LogP contribution in [0.15, 0.2) is 72.9 Å². The summed E-state index contributed by atoms with van der Waals surface area (Å²) in [6.45, 7) is 1.28. The molecule has 0 aliphatic rings. The van der Waals surface area contributed by atoms with Gasteiger partial charge in [-0.1, -0.05) is 42.5 Å². The van der Waals surface area contributed by atoms with Crippen molar-refractivity contribution in [2.75, 3.05) is 18.4 Å². The van der Waals surface area contributed by atoms with Gasteiger partial charge in [0.15, 0.2) is 0 Å². The Morgan fingerprint density at radius 3 is 2.43 bits per heavy atom. The molecule has 1 amide bonds. The Morgan fingerprint density at radius 2 is 1.64 bits per heavy atom. The first-order valence-corrected chi connectivity index (χ1v) is 9.47. The molecule has 0 aliphatic heterocycles. The molecule has 0 unspecified atom stereocenters. The molecule has 3 aromatic rings. The fraction of sp³-hybridized carbons (Fsp3) is 0.217.